The second kappa shape index (κ2) is 8.24. The maximum absolute atomic E-state index is 13.8. The van der Waals surface area contributed by atoms with Crippen molar-refractivity contribution >= 4 is 27.5 Å². The van der Waals surface area contributed by atoms with Crippen LogP contribution >= 0.6 is 0 Å². The van der Waals surface area contributed by atoms with Gasteiger partial charge in [0.05, 0.1) is 10.6 Å². The number of ketones is 1. The van der Waals surface area contributed by atoms with Gasteiger partial charge in [0.1, 0.15) is 6.61 Å². The average Bonchev–Trinajstić information content (AvgIpc) is 3.16. The summed E-state index contributed by atoms with van der Waals surface area (Å²) in [5.74, 6) is -1.48. The third kappa shape index (κ3) is 3.58. The molecule has 1 heterocycles. The molecule has 164 valence electrons. The first kappa shape index (κ1) is 21.8. The van der Waals surface area contributed by atoms with Crippen molar-refractivity contribution in [3.63, 3.8) is 0 Å². The summed E-state index contributed by atoms with van der Waals surface area (Å²) in [5, 5.41) is 0. The highest BCUT2D eigenvalue weighted by Crippen LogP contribution is 2.44. The van der Waals surface area contributed by atoms with E-state index < -0.39 is 27.3 Å². The Labute approximate surface area is 187 Å². The Morgan fingerprint density at radius 3 is 2.22 bits per heavy atom. The van der Waals surface area contributed by atoms with Crippen molar-refractivity contribution in [2.75, 3.05) is 4.31 Å². The highest BCUT2D eigenvalue weighted by Gasteiger charge is 2.59. The number of benzene rings is 3. The SMILES string of the molecule is CC(=O)C1(C(=O)OCc2ccccc2)Cc2ccccc2N1S(=O)(=O)c1ccc(C)cc1. The Bertz CT molecular complexity index is 1270. The molecule has 1 unspecified atom stereocenters. The second-order valence-corrected chi connectivity index (χ2v) is 9.65. The Hall–Kier alpha value is -3.45. The van der Waals surface area contributed by atoms with Crippen molar-refractivity contribution < 1.29 is 22.7 Å². The number of aryl methyl sites for hydroxylation is 1. The lowest BCUT2D eigenvalue weighted by molar-refractivity contribution is -0.154. The molecule has 0 fully saturated rings. The Morgan fingerprint density at radius 1 is 0.938 bits per heavy atom. The molecule has 0 amide bonds. The number of fused-ring (bicyclic) bond motifs is 1. The molecule has 1 atom stereocenters. The molecule has 7 heteroatoms. The number of rotatable bonds is 6. The van der Waals surface area contributed by atoms with Gasteiger partial charge in [0.15, 0.2) is 5.78 Å². The molecule has 4 rings (SSSR count). The van der Waals surface area contributed by atoms with Gasteiger partial charge in [0.25, 0.3) is 10.0 Å². The first-order chi connectivity index (χ1) is 15.3. The first-order valence-corrected chi connectivity index (χ1v) is 11.6. The van der Waals surface area contributed by atoms with Crippen LogP contribution in [0.1, 0.15) is 23.6 Å². The number of sulfonamides is 1. The standard InChI is InChI=1S/C25H23NO5S/c1-18-12-14-22(15-13-18)32(29,30)26-23-11-7-6-10-21(23)16-25(26,19(2)27)24(28)31-17-20-8-4-3-5-9-20/h3-15H,16-17H2,1-2H3. The fourth-order valence-electron chi connectivity index (χ4n) is 3.97. The van der Waals surface area contributed by atoms with Gasteiger partial charge in [-0.2, -0.15) is 0 Å². The maximum Gasteiger partial charge on any atom is 0.341 e. The molecule has 1 aliphatic rings. The van der Waals surface area contributed by atoms with Crippen LogP contribution in [0.15, 0.2) is 83.8 Å². The summed E-state index contributed by atoms with van der Waals surface area (Å²) in [6.45, 7) is 3.01. The number of Topliss-reactive ketones (excluding diaryl/α,β-unsaturated/α-hetero) is 1. The van der Waals surface area contributed by atoms with Crippen LogP contribution in [0.3, 0.4) is 0 Å². The lowest BCUT2D eigenvalue weighted by atomic mass is 9.91. The maximum atomic E-state index is 13.8. The Morgan fingerprint density at radius 2 is 1.56 bits per heavy atom. The third-order valence-electron chi connectivity index (χ3n) is 5.70. The molecule has 0 N–H and O–H groups in total. The van der Waals surface area contributed by atoms with Crippen molar-refractivity contribution in [3.05, 3.63) is 95.6 Å². The average molecular weight is 450 g/mol. The van der Waals surface area contributed by atoms with Crippen LogP contribution in [-0.4, -0.2) is 25.7 Å². The van der Waals surface area contributed by atoms with Gasteiger partial charge in [-0.3, -0.25) is 4.79 Å². The zero-order valence-electron chi connectivity index (χ0n) is 17.8. The number of esters is 1. The van der Waals surface area contributed by atoms with Crippen molar-refractivity contribution in [1.29, 1.82) is 0 Å². The number of carbonyl (C=O) groups excluding carboxylic acids is 2. The molecule has 0 aliphatic carbocycles. The van der Waals surface area contributed by atoms with Gasteiger partial charge in [-0.1, -0.05) is 66.2 Å². The largest absolute Gasteiger partial charge is 0.459 e. The van der Waals surface area contributed by atoms with Crippen LogP contribution < -0.4 is 4.31 Å². The highest BCUT2D eigenvalue weighted by molar-refractivity contribution is 7.93. The molecule has 0 spiro atoms. The first-order valence-electron chi connectivity index (χ1n) is 10.2. The molecule has 3 aromatic rings. The van der Waals surface area contributed by atoms with Crippen LogP contribution in [-0.2, 0) is 37.4 Å². The zero-order valence-corrected chi connectivity index (χ0v) is 18.6. The predicted molar refractivity (Wildman–Crippen MR) is 121 cm³/mol. The van der Waals surface area contributed by atoms with E-state index in [2.05, 4.69) is 0 Å². The molecular formula is C25H23NO5S. The predicted octanol–water partition coefficient (Wildman–Crippen LogP) is 3.82. The minimum atomic E-state index is -4.24. The van der Waals surface area contributed by atoms with Crippen molar-refractivity contribution in [3.8, 4) is 0 Å². The molecule has 6 nitrogen and oxygen atoms in total. The minimum Gasteiger partial charge on any atom is -0.459 e. The normalized spacial score (nSPS) is 17.6. The second-order valence-electron chi connectivity index (χ2n) is 7.87. The van der Waals surface area contributed by atoms with Gasteiger partial charge >= 0.3 is 5.97 Å². The molecule has 3 aromatic carbocycles. The summed E-state index contributed by atoms with van der Waals surface area (Å²) >= 11 is 0. The van der Waals surface area contributed by atoms with E-state index in [0.29, 0.717) is 11.3 Å². The van der Waals surface area contributed by atoms with Gasteiger partial charge in [-0.05, 0) is 43.2 Å². The molecule has 0 bridgehead atoms. The molecule has 32 heavy (non-hydrogen) atoms. The molecule has 1 aliphatic heterocycles. The lowest BCUT2D eigenvalue weighted by Gasteiger charge is -2.35. The quantitative estimate of drug-likeness (QED) is 0.422. The van der Waals surface area contributed by atoms with E-state index in [1.165, 1.54) is 19.1 Å². The number of nitrogens with zero attached hydrogens (tertiary/aromatic N) is 1. The Balaban J connectivity index is 1.82. The summed E-state index contributed by atoms with van der Waals surface area (Å²) in [6.07, 6.45) is -0.0861. The van der Waals surface area contributed by atoms with Gasteiger partial charge in [-0.15, -0.1) is 0 Å². The molecular weight excluding hydrogens is 426 g/mol. The van der Waals surface area contributed by atoms with Crippen LogP contribution in [0.5, 0.6) is 0 Å². The number of para-hydroxylation sites is 1. The van der Waals surface area contributed by atoms with Crippen molar-refractivity contribution in [2.24, 2.45) is 0 Å². The van der Waals surface area contributed by atoms with Gasteiger partial charge < -0.3 is 4.74 Å². The van der Waals surface area contributed by atoms with Crippen molar-refractivity contribution in [1.82, 2.24) is 0 Å². The molecule has 0 saturated carbocycles. The monoisotopic (exact) mass is 449 g/mol. The fourth-order valence-corrected chi connectivity index (χ4v) is 5.78. The van der Waals surface area contributed by atoms with Crippen LogP contribution in [0.4, 0.5) is 5.69 Å². The van der Waals surface area contributed by atoms with E-state index >= 15 is 0 Å². The van der Waals surface area contributed by atoms with Crippen LogP contribution in [0.25, 0.3) is 0 Å². The Kier molecular flexibility index (Phi) is 5.60. The van der Waals surface area contributed by atoms with Crippen LogP contribution in [0.2, 0.25) is 0 Å². The number of carbonyl (C=O) groups is 2. The zero-order chi connectivity index (χ0) is 22.9. The van der Waals surface area contributed by atoms with Gasteiger partial charge in [0.2, 0.25) is 5.54 Å². The number of hydrogen-bond donors (Lipinski definition) is 0. The van der Waals surface area contributed by atoms with E-state index in [0.717, 1.165) is 15.4 Å². The highest BCUT2D eigenvalue weighted by atomic mass is 32.2. The van der Waals surface area contributed by atoms with E-state index in [1.54, 1.807) is 48.5 Å². The number of anilines is 1. The van der Waals surface area contributed by atoms with Crippen molar-refractivity contribution in [2.45, 2.75) is 37.3 Å². The number of ether oxygens (including phenoxy) is 1. The third-order valence-corrected chi connectivity index (χ3v) is 7.55. The summed E-state index contributed by atoms with van der Waals surface area (Å²) in [5.41, 5.74) is 0.520. The van der Waals surface area contributed by atoms with E-state index in [4.69, 9.17) is 4.74 Å². The van der Waals surface area contributed by atoms with Crippen LogP contribution in [0, 0.1) is 6.92 Å². The minimum absolute atomic E-state index is 0.00119. The van der Waals surface area contributed by atoms with E-state index in [-0.39, 0.29) is 17.9 Å². The lowest BCUT2D eigenvalue weighted by Crippen LogP contribution is -2.60. The number of hydrogen-bond acceptors (Lipinski definition) is 5. The summed E-state index contributed by atoms with van der Waals surface area (Å²) in [7, 11) is -4.24. The fraction of sp³-hybridized carbons (Fsp3) is 0.200. The summed E-state index contributed by atoms with van der Waals surface area (Å²) in [4.78, 5) is 26.5. The molecule has 0 radical (unpaired) electrons. The summed E-state index contributed by atoms with van der Waals surface area (Å²) in [6, 6.07) is 22.1. The van der Waals surface area contributed by atoms with Gasteiger partial charge in [-0.25, -0.2) is 17.5 Å². The molecule has 0 aromatic heterocycles. The topological polar surface area (TPSA) is 80.8 Å². The molecule has 0 saturated heterocycles. The smallest absolute Gasteiger partial charge is 0.341 e. The summed E-state index contributed by atoms with van der Waals surface area (Å²) < 4.78 is 34.0. The van der Waals surface area contributed by atoms with E-state index in [1.807, 2.05) is 25.1 Å². The van der Waals surface area contributed by atoms with Gasteiger partial charge in [0, 0.05) is 6.42 Å². The van der Waals surface area contributed by atoms with E-state index in [9.17, 15) is 18.0 Å².